The molecule has 0 saturated carbocycles. The number of methoxy groups -OCH3 is 1. The van der Waals surface area contributed by atoms with Gasteiger partial charge in [-0.15, -0.1) is 0 Å². The molecule has 0 unspecified atom stereocenters. The van der Waals surface area contributed by atoms with E-state index in [1.807, 2.05) is 30.5 Å². The van der Waals surface area contributed by atoms with Gasteiger partial charge in [0.25, 0.3) is 0 Å². The summed E-state index contributed by atoms with van der Waals surface area (Å²) in [4.78, 5) is 11.4. The average Bonchev–Trinajstić information content (AvgIpc) is 2.64. The lowest BCUT2D eigenvalue weighted by Gasteiger charge is -2.09. The molecule has 0 saturated heterocycles. The Morgan fingerprint density at radius 1 is 1.42 bits per heavy atom. The first-order valence-corrected chi connectivity index (χ1v) is 6.37. The molecule has 4 nitrogen and oxygen atoms in total. The molecule has 1 aromatic carbocycles. The summed E-state index contributed by atoms with van der Waals surface area (Å²) < 4.78 is 6.87. The van der Waals surface area contributed by atoms with E-state index in [0.717, 1.165) is 16.6 Å². The molecule has 102 valence electrons. The fourth-order valence-electron chi connectivity index (χ4n) is 2.29. The zero-order valence-electron chi connectivity index (χ0n) is 11.2. The fraction of sp³-hybridized carbons (Fsp3) is 0.357. The van der Waals surface area contributed by atoms with Crippen LogP contribution in [0.15, 0.2) is 12.1 Å². The molecule has 0 radical (unpaired) electrons. The van der Waals surface area contributed by atoms with E-state index < -0.39 is 5.97 Å². The highest BCUT2D eigenvalue weighted by molar-refractivity contribution is 6.35. The SMILES string of the molecule is COCCn1c(Cl)c(C(=O)O)c2ccc(C)c(C)c21. The normalized spacial score (nSPS) is 11.2. The number of rotatable bonds is 4. The van der Waals surface area contributed by atoms with Crippen molar-refractivity contribution in [2.24, 2.45) is 0 Å². The Kier molecular flexibility index (Phi) is 3.83. The molecule has 2 aromatic rings. The first-order chi connectivity index (χ1) is 8.99. The van der Waals surface area contributed by atoms with Gasteiger partial charge >= 0.3 is 5.97 Å². The van der Waals surface area contributed by atoms with Gasteiger partial charge in [-0.3, -0.25) is 0 Å². The number of fused-ring (bicyclic) bond motifs is 1. The fourth-order valence-corrected chi connectivity index (χ4v) is 2.64. The zero-order chi connectivity index (χ0) is 14.2. The monoisotopic (exact) mass is 281 g/mol. The number of nitrogens with zero attached hydrogens (tertiary/aromatic N) is 1. The van der Waals surface area contributed by atoms with E-state index in [1.54, 1.807) is 7.11 Å². The van der Waals surface area contributed by atoms with Gasteiger partial charge in [-0.25, -0.2) is 4.79 Å². The summed E-state index contributed by atoms with van der Waals surface area (Å²) in [5.74, 6) is -1.01. The number of carboxylic acid groups (broad SMARTS) is 1. The molecule has 0 aliphatic rings. The molecule has 0 amide bonds. The molecule has 0 bridgehead atoms. The third-order valence-corrected chi connectivity index (χ3v) is 3.81. The van der Waals surface area contributed by atoms with E-state index in [0.29, 0.717) is 18.5 Å². The first-order valence-electron chi connectivity index (χ1n) is 5.99. The zero-order valence-corrected chi connectivity index (χ0v) is 11.9. The number of aryl methyl sites for hydroxylation is 2. The molecule has 19 heavy (non-hydrogen) atoms. The molecular weight excluding hydrogens is 266 g/mol. The second kappa shape index (κ2) is 5.23. The van der Waals surface area contributed by atoms with E-state index >= 15 is 0 Å². The van der Waals surface area contributed by atoms with Crippen molar-refractivity contribution in [2.45, 2.75) is 20.4 Å². The van der Waals surface area contributed by atoms with E-state index in [-0.39, 0.29) is 10.7 Å². The number of aromatic carboxylic acids is 1. The third-order valence-electron chi connectivity index (χ3n) is 3.42. The van der Waals surface area contributed by atoms with Crippen molar-refractivity contribution in [3.63, 3.8) is 0 Å². The predicted molar refractivity (Wildman–Crippen MR) is 75.3 cm³/mol. The van der Waals surface area contributed by atoms with Crippen molar-refractivity contribution in [1.29, 1.82) is 0 Å². The van der Waals surface area contributed by atoms with Crippen LogP contribution in [0.5, 0.6) is 0 Å². The van der Waals surface area contributed by atoms with Crippen molar-refractivity contribution in [3.8, 4) is 0 Å². The molecule has 5 heteroatoms. The topological polar surface area (TPSA) is 51.5 Å². The first kappa shape index (κ1) is 13.9. The lowest BCUT2D eigenvalue weighted by atomic mass is 10.0. The Bertz CT molecular complexity index is 646. The van der Waals surface area contributed by atoms with Crippen LogP contribution in [0.25, 0.3) is 10.9 Å². The largest absolute Gasteiger partial charge is 0.478 e. The van der Waals surface area contributed by atoms with Crippen LogP contribution in [0, 0.1) is 13.8 Å². The molecule has 0 fully saturated rings. The Morgan fingerprint density at radius 3 is 2.68 bits per heavy atom. The summed E-state index contributed by atoms with van der Waals surface area (Å²) in [6.45, 7) is 4.99. The quantitative estimate of drug-likeness (QED) is 0.936. The maximum absolute atomic E-state index is 11.4. The molecule has 0 atom stereocenters. The van der Waals surface area contributed by atoms with Crippen molar-refractivity contribution < 1.29 is 14.6 Å². The minimum Gasteiger partial charge on any atom is -0.478 e. The summed E-state index contributed by atoms with van der Waals surface area (Å²) in [7, 11) is 1.61. The van der Waals surface area contributed by atoms with Crippen LogP contribution in [0.3, 0.4) is 0 Å². The summed E-state index contributed by atoms with van der Waals surface area (Å²) >= 11 is 6.23. The summed E-state index contributed by atoms with van der Waals surface area (Å²) in [6, 6.07) is 3.73. The Hall–Kier alpha value is -1.52. The van der Waals surface area contributed by atoms with Crippen LogP contribution in [0.1, 0.15) is 21.5 Å². The van der Waals surface area contributed by atoms with Crippen LogP contribution >= 0.6 is 11.6 Å². The second-order valence-corrected chi connectivity index (χ2v) is 4.88. The maximum atomic E-state index is 11.4. The maximum Gasteiger partial charge on any atom is 0.339 e. The van der Waals surface area contributed by atoms with Gasteiger partial charge in [-0.2, -0.15) is 0 Å². The number of aromatic nitrogens is 1. The van der Waals surface area contributed by atoms with Crippen LogP contribution in [0.2, 0.25) is 5.15 Å². The number of ether oxygens (including phenoxy) is 1. The van der Waals surface area contributed by atoms with Crippen molar-refractivity contribution in [1.82, 2.24) is 4.57 Å². The molecule has 1 N–H and O–H groups in total. The van der Waals surface area contributed by atoms with E-state index in [1.165, 1.54) is 0 Å². The molecule has 1 aromatic heterocycles. The van der Waals surface area contributed by atoms with Gasteiger partial charge < -0.3 is 14.4 Å². The number of benzene rings is 1. The average molecular weight is 282 g/mol. The summed E-state index contributed by atoms with van der Waals surface area (Å²) in [5, 5.41) is 10.3. The summed E-state index contributed by atoms with van der Waals surface area (Å²) in [5.41, 5.74) is 3.19. The molecule has 1 heterocycles. The standard InChI is InChI=1S/C14H16ClNO3/c1-8-4-5-10-11(14(17)18)13(15)16(6-7-19-3)12(10)9(8)2/h4-5H,6-7H2,1-3H3,(H,17,18). The van der Waals surface area contributed by atoms with Crippen LogP contribution in [-0.4, -0.2) is 29.4 Å². The van der Waals surface area contributed by atoms with Crippen molar-refractivity contribution in [2.75, 3.05) is 13.7 Å². The highest BCUT2D eigenvalue weighted by Crippen LogP contribution is 2.33. The molecule has 2 rings (SSSR count). The third kappa shape index (κ3) is 2.22. The smallest absolute Gasteiger partial charge is 0.339 e. The lowest BCUT2D eigenvalue weighted by molar-refractivity contribution is 0.0699. The van der Waals surface area contributed by atoms with E-state index in [4.69, 9.17) is 16.3 Å². The number of halogens is 1. The predicted octanol–water partition coefficient (Wildman–Crippen LogP) is 3.26. The van der Waals surface area contributed by atoms with E-state index in [9.17, 15) is 9.90 Å². The minimum atomic E-state index is -1.01. The van der Waals surface area contributed by atoms with Crippen molar-refractivity contribution in [3.05, 3.63) is 34.0 Å². The Labute approximate surface area is 116 Å². The Balaban J connectivity index is 2.81. The number of carboxylic acids is 1. The van der Waals surface area contributed by atoms with Gasteiger partial charge in [0.05, 0.1) is 12.1 Å². The van der Waals surface area contributed by atoms with Gasteiger partial charge in [0.1, 0.15) is 10.7 Å². The number of carbonyl (C=O) groups is 1. The lowest BCUT2D eigenvalue weighted by Crippen LogP contribution is -2.05. The summed E-state index contributed by atoms with van der Waals surface area (Å²) in [6.07, 6.45) is 0. The molecule has 0 spiro atoms. The highest BCUT2D eigenvalue weighted by atomic mass is 35.5. The Morgan fingerprint density at radius 2 is 2.11 bits per heavy atom. The van der Waals surface area contributed by atoms with Crippen LogP contribution in [0.4, 0.5) is 0 Å². The van der Waals surface area contributed by atoms with Gasteiger partial charge in [0.15, 0.2) is 0 Å². The molecule has 0 aliphatic heterocycles. The molecular formula is C14H16ClNO3. The van der Waals surface area contributed by atoms with Crippen molar-refractivity contribution >= 4 is 28.5 Å². The van der Waals surface area contributed by atoms with Crippen LogP contribution in [-0.2, 0) is 11.3 Å². The van der Waals surface area contributed by atoms with Gasteiger partial charge in [-0.1, -0.05) is 23.7 Å². The number of hydrogen-bond donors (Lipinski definition) is 1. The van der Waals surface area contributed by atoms with E-state index in [2.05, 4.69) is 0 Å². The minimum absolute atomic E-state index is 0.163. The second-order valence-electron chi connectivity index (χ2n) is 4.52. The number of hydrogen-bond acceptors (Lipinski definition) is 2. The molecule has 0 aliphatic carbocycles. The van der Waals surface area contributed by atoms with Gasteiger partial charge in [0, 0.05) is 19.0 Å². The van der Waals surface area contributed by atoms with Gasteiger partial charge in [0.2, 0.25) is 0 Å². The van der Waals surface area contributed by atoms with Gasteiger partial charge in [-0.05, 0) is 25.0 Å². The van der Waals surface area contributed by atoms with Crippen LogP contribution < -0.4 is 0 Å². The highest BCUT2D eigenvalue weighted by Gasteiger charge is 2.22.